The van der Waals surface area contributed by atoms with Gasteiger partial charge in [-0.2, -0.15) is 0 Å². The lowest BCUT2D eigenvalue weighted by atomic mass is 10.1. The standard InChI is InChI=1S/C13H25N5O3/c1-3-21-13(20)18-8-4-11(5-9-18)17-12(14)16-7-6-15-10(2)19/h11H,3-9H2,1-2H3,(H,15,19)(H3,14,16,17). The van der Waals surface area contributed by atoms with Crippen molar-refractivity contribution in [1.29, 1.82) is 0 Å². The predicted octanol–water partition coefficient (Wildman–Crippen LogP) is -0.352. The van der Waals surface area contributed by atoms with E-state index in [1.165, 1.54) is 6.92 Å². The van der Waals surface area contributed by atoms with E-state index in [0.29, 0.717) is 38.7 Å². The minimum Gasteiger partial charge on any atom is -0.450 e. The number of nitrogens with zero attached hydrogens (tertiary/aromatic N) is 2. The van der Waals surface area contributed by atoms with E-state index in [4.69, 9.17) is 10.5 Å². The Hall–Kier alpha value is -1.99. The van der Waals surface area contributed by atoms with Crippen LogP contribution in [-0.4, -0.2) is 61.7 Å². The van der Waals surface area contributed by atoms with Gasteiger partial charge in [0.25, 0.3) is 0 Å². The second kappa shape index (κ2) is 9.04. The maximum atomic E-state index is 11.6. The molecule has 0 aromatic heterocycles. The topological polar surface area (TPSA) is 109 Å². The number of hydrogen-bond acceptors (Lipinski definition) is 4. The lowest BCUT2D eigenvalue weighted by Gasteiger charge is -2.31. The maximum Gasteiger partial charge on any atom is 0.409 e. The molecule has 1 rings (SSSR count). The number of carbonyl (C=O) groups is 2. The van der Waals surface area contributed by atoms with E-state index in [9.17, 15) is 9.59 Å². The zero-order chi connectivity index (χ0) is 15.7. The molecule has 0 aliphatic carbocycles. The van der Waals surface area contributed by atoms with Crippen LogP contribution in [0.4, 0.5) is 4.79 Å². The van der Waals surface area contributed by atoms with E-state index >= 15 is 0 Å². The van der Waals surface area contributed by atoms with E-state index < -0.39 is 0 Å². The molecule has 8 heteroatoms. The van der Waals surface area contributed by atoms with Gasteiger partial charge < -0.3 is 26.0 Å². The quantitative estimate of drug-likeness (QED) is 0.365. The molecule has 1 aliphatic heterocycles. The summed E-state index contributed by atoms with van der Waals surface area (Å²) in [4.78, 5) is 28.1. The van der Waals surface area contributed by atoms with Gasteiger partial charge in [-0.25, -0.2) is 4.79 Å². The molecule has 0 unspecified atom stereocenters. The van der Waals surface area contributed by atoms with Crippen LogP contribution in [0.2, 0.25) is 0 Å². The van der Waals surface area contributed by atoms with E-state index in [2.05, 4.69) is 15.6 Å². The Morgan fingerprint density at radius 3 is 2.62 bits per heavy atom. The zero-order valence-electron chi connectivity index (χ0n) is 12.7. The van der Waals surface area contributed by atoms with Gasteiger partial charge >= 0.3 is 6.09 Å². The van der Waals surface area contributed by atoms with Gasteiger partial charge in [-0.15, -0.1) is 0 Å². The first kappa shape index (κ1) is 17.1. The van der Waals surface area contributed by atoms with Crippen LogP contribution in [0.5, 0.6) is 0 Å². The molecule has 120 valence electrons. The number of likely N-dealkylation sites (tertiary alicyclic amines) is 1. The monoisotopic (exact) mass is 299 g/mol. The van der Waals surface area contributed by atoms with Crippen molar-refractivity contribution < 1.29 is 14.3 Å². The van der Waals surface area contributed by atoms with Crippen LogP contribution < -0.4 is 16.4 Å². The summed E-state index contributed by atoms with van der Waals surface area (Å²) in [6, 6.07) is 0.209. The third kappa shape index (κ3) is 6.82. The van der Waals surface area contributed by atoms with Gasteiger partial charge in [-0.3, -0.25) is 9.79 Å². The van der Waals surface area contributed by atoms with Crippen molar-refractivity contribution in [2.24, 2.45) is 10.7 Å². The Morgan fingerprint density at radius 2 is 2.05 bits per heavy atom. The lowest BCUT2D eigenvalue weighted by molar-refractivity contribution is -0.118. The number of amides is 2. The third-order valence-electron chi connectivity index (χ3n) is 3.14. The fourth-order valence-corrected chi connectivity index (χ4v) is 2.08. The van der Waals surface area contributed by atoms with E-state index in [0.717, 1.165) is 12.8 Å². The Balaban J connectivity index is 2.23. The second-order valence-electron chi connectivity index (χ2n) is 4.85. The molecule has 1 fully saturated rings. The van der Waals surface area contributed by atoms with Gasteiger partial charge in [0.1, 0.15) is 0 Å². The average molecular weight is 299 g/mol. The molecule has 2 amide bonds. The first-order valence-corrected chi connectivity index (χ1v) is 7.25. The molecule has 0 saturated carbocycles. The number of ether oxygens (including phenoxy) is 1. The molecule has 0 bridgehead atoms. The number of nitrogens with one attached hydrogen (secondary N) is 2. The molecule has 21 heavy (non-hydrogen) atoms. The SMILES string of the molecule is CCOC(=O)N1CCC(NC(N)=NCCNC(C)=O)CC1. The van der Waals surface area contributed by atoms with Crippen molar-refractivity contribution in [3.63, 3.8) is 0 Å². The highest BCUT2D eigenvalue weighted by Gasteiger charge is 2.23. The molecule has 0 spiro atoms. The average Bonchev–Trinajstić information content (AvgIpc) is 2.44. The molecular weight excluding hydrogens is 274 g/mol. The Morgan fingerprint density at radius 1 is 1.38 bits per heavy atom. The van der Waals surface area contributed by atoms with E-state index in [1.54, 1.807) is 11.8 Å². The number of rotatable bonds is 5. The van der Waals surface area contributed by atoms with Crippen LogP contribution in [0.3, 0.4) is 0 Å². The van der Waals surface area contributed by atoms with E-state index in [-0.39, 0.29) is 18.0 Å². The molecule has 1 aliphatic rings. The van der Waals surface area contributed by atoms with Gasteiger partial charge in [-0.05, 0) is 19.8 Å². The van der Waals surface area contributed by atoms with Crippen LogP contribution in [-0.2, 0) is 9.53 Å². The van der Waals surface area contributed by atoms with Crippen LogP contribution in [0.15, 0.2) is 4.99 Å². The third-order valence-corrected chi connectivity index (χ3v) is 3.14. The molecule has 1 saturated heterocycles. The fraction of sp³-hybridized carbons (Fsp3) is 0.769. The van der Waals surface area contributed by atoms with Crippen LogP contribution in [0.25, 0.3) is 0 Å². The Labute approximate surface area is 125 Å². The predicted molar refractivity (Wildman–Crippen MR) is 79.9 cm³/mol. The van der Waals surface area contributed by atoms with Gasteiger partial charge in [0.05, 0.1) is 13.2 Å². The first-order chi connectivity index (χ1) is 10.0. The molecule has 0 aromatic carbocycles. The fourth-order valence-electron chi connectivity index (χ4n) is 2.08. The van der Waals surface area contributed by atoms with Crippen LogP contribution in [0.1, 0.15) is 26.7 Å². The maximum absolute atomic E-state index is 11.6. The van der Waals surface area contributed by atoms with Crippen molar-refractivity contribution >= 4 is 18.0 Å². The van der Waals surface area contributed by atoms with Gasteiger partial charge in [0.2, 0.25) is 5.91 Å². The normalized spacial score (nSPS) is 16.5. The van der Waals surface area contributed by atoms with Crippen molar-refractivity contribution in [3.8, 4) is 0 Å². The molecular formula is C13H25N5O3. The Bertz CT molecular complexity index is 378. The molecule has 8 nitrogen and oxygen atoms in total. The molecule has 0 atom stereocenters. The van der Waals surface area contributed by atoms with Crippen molar-refractivity contribution in [1.82, 2.24) is 15.5 Å². The Kier molecular flexibility index (Phi) is 7.34. The van der Waals surface area contributed by atoms with Crippen LogP contribution >= 0.6 is 0 Å². The highest BCUT2D eigenvalue weighted by molar-refractivity contribution is 5.78. The summed E-state index contributed by atoms with van der Waals surface area (Å²) in [5.41, 5.74) is 5.78. The van der Waals surface area contributed by atoms with Gasteiger partial charge in [0.15, 0.2) is 5.96 Å². The molecule has 0 radical (unpaired) electrons. The summed E-state index contributed by atoms with van der Waals surface area (Å²) < 4.78 is 4.97. The summed E-state index contributed by atoms with van der Waals surface area (Å²) in [5, 5.41) is 5.78. The smallest absolute Gasteiger partial charge is 0.409 e. The highest BCUT2D eigenvalue weighted by atomic mass is 16.6. The molecule has 4 N–H and O–H groups in total. The number of guanidine groups is 1. The van der Waals surface area contributed by atoms with Crippen LogP contribution in [0, 0.1) is 0 Å². The van der Waals surface area contributed by atoms with E-state index in [1.807, 2.05) is 0 Å². The first-order valence-electron chi connectivity index (χ1n) is 7.25. The molecule has 1 heterocycles. The number of nitrogens with two attached hydrogens (primary N) is 1. The van der Waals surface area contributed by atoms with Crippen molar-refractivity contribution in [3.05, 3.63) is 0 Å². The highest BCUT2D eigenvalue weighted by Crippen LogP contribution is 2.11. The summed E-state index contributed by atoms with van der Waals surface area (Å²) in [6.45, 7) is 5.86. The second-order valence-corrected chi connectivity index (χ2v) is 4.85. The number of piperidine rings is 1. The summed E-state index contributed by atoms with van der Waals surface area (Å²) in [5.74, 6) is 0.290. The number of aliphatic imine (C=N–C) groups is 1. The van der Waals surface area contributed by atoms with Crippen molar-refractivity contribution in [2.45, 2.75) is 32.7 Å². The number of hydrogen-bond donors (Lipinski definition) is 3. The minimum atomic E-state index is -0.257. The summed E-state index contributed by atoms with van der Waals surface area (Å²) in [7, 11) is 0. The zero-order valence-corrected chi connectivity index (χ0v) is 12.7. The summed E-state index contributed by atoms with van der Waals surface area (Å²) in [6.07, 6.45) is 1.36. The summed E-state index contributed by atoms with van der Waals surface area (Å²) >= 11 is 0. The van der Waals surface area contributed by atoms with Crippen molar-refractivity contribution in [2.75, 3.05) is 32.8 Å². The lowest BCUT2D eigenvalue weighted by Crippen LogP contribution is -2.48. The molecule has 0 aromatic rings. The number of carbonyl (C=O) groups excluding carboxylic acids is 2. The minimum absolute atomic E-state index is 0.0805. The van der Waals surface area contributed by atoms with Gasteiger partial charge in [0, 0.05) is 32.6 Å². The largest absolute Gasteiger partial charge is 0.450 e. The van der Waals surface area contributed by atoms with Gasteiger partial charge in [-0.1, -0.05) is 0 Å².